The van der Waals surface area contributed by atoms with Crippen LogP contribution in [-0.2, 0) is 16.7 Å². The number of ether oxygens (including phenoxy) is 1. The molecule has 6 nitrogen and oxygen atoms in total. The van der Waals surface area contributed by atoms with Gasteiger partial charge in [-0.2, -0.15) is 0 Å². The van der Waals surface area contributed by atoms with Gasteiger partial charge in [0, 0.05) is 37.8 Å². The van der Waals surface area contributed by atoms with Crippen molar-refractivity contribution in [2.45, 2.75) is 44.8 Å². The fraction of sp³-hybridized carbons (Fsp3) is 0.500. The molecule has 1 aromatic heterocycles. The van der Waals surface area contributed by atoms with Crippen molar-refractivity contribution >= 4 is 35.8 Å². The second-order valence-electron chi connectivity index (χ2n) is 8.35. The highest BCUT2D eigenvalue weighted by atomic mass is 127. The highest BCUT2D eigenvalue weighted by Crippen LogP contribution is 2.47. The van der Waals surface area contributed by atoms with Crippen LogP contribution >= 0.6 is 24.0 Å². The van der Waals surface area contributed by atoms with Crippen molar-refractivity contribution in [3.63, 3.8) is 0 Å². The molecule has 0 radical (unpaired) electrons. The predicted molar refractivity (Wildman–Crippen MR) is 137 cm³/mol. The molecule has 1 saturated carbocycles. The molecule has 4 rings (SSSR count). The number of pyridine rings is 1. The summed E-state index contributed by atoms with van der Waals surface area (Å²) < 4.78 is 5.62. The molecule has 1 unspecified atom stereocenters. The molecule has 0 spiro atoms. The van der Waals surface area contributed by atoms with E-state index in [1.165, 1.54) is 18.4 Å². The Hall–Kier alpha value is -1.87. The Bertz CT molecular complexity index is 839. The molecule has 2 aliphatic rings. The van der Waals surface area contributed by atoms with Crippen LogP contribution in [0.1, 0.15) is 37.8 Å². The predicted octanol–water partition coefficient (Wildman–Crippen LogP) is 3.71. The summed E-state index contributed by atoms with van der Waals surface area (Å²) in [6, 6.07) is 15.0. The van der Waals surface area contributed by atoms with E-state index in [2.05, 4.69) is 76.8 Å². The third kappa shape index (κ3) is 6.32. The van der Waals surface area contributed by atoms with Gasteiger partial charge in [0.1, 0.15) is 5.82 Å². The van der Waals surface area contributed by atoms with Crippen molar-refractivity contribution in [3.05, 3.63) is 59.8 Å². The maximum absolute atomic E-state index is 5.62. The lowest BCUT2D eigenvalue weighted by atomic mass is 9.96. The summed E-state index contributed by atoms with van der Waals surface area (Å²) in [4.78, 5) is 11.7. The van der Waals surface area contributed by atoms with Crippen LogP contribution in [0.5, 0.6) is 0 Å². The van der Waals surface area contributed by atoms with Gasteiger partial charge >= 0.3 is 0 Å². The van der Waals surface area contributed by atoms with Crippen LogP contribution in [0.15, 0.2) is 53.7 Å². The number of benzene rings is 1. The van der Waals surface area contributed by atoms with Crippen molar-refractivity contribution in [1.82, 2.24) is 15.6 Å². The van der Waals surface area contributed by atoms with E-state index in [1.54, 1.807) is 0 Å². The van der Waals surface area contributed by atoms with Gasteiger partial charge in [-0.15, -0.1) is 24.0 Å². The Labute approximate surface area is 202 Å². The van der Waals surface area contributed by atoms with Gasteiger partial charge in [-0.25, -0.2) is 9.98 Å². The SMILES string of the molecule is CCNC(=NCc1ccc(N2CCOC(C)C2)nc1)NCC1(c2ccccc2)CC1.I. The first-order valence-corrected chi connectivity index (χ1v) is 11.1. The van der Waals surface area contributed by atoms with Gasteiger partial charge in [0.15, 0.2) is 5.96 Å². The number of nitrogens with one attached hydrogen (secondary N) is 2. The molecular formula is C24H34IN5O. The average Bonchev–Trinajstić information content (AvgIpc) is 3.58. The van der Waals surface area contributed by atoms with Crippen LogP contribution in [0.4, 0.5) is 5.82 Å². The number of aromatic nitrogens is 1. The molecule has 7 heteroatoms. The molecule has 1 aliphatic carbocycles. The minimum atomic E-state index is 0. The lowest BCUT2D eigenvalue weighted by Crippen LogP contribution is -2.41. The van der Waals surface area contributed by atoms with Crippen LogP contribution < -0.4 is 15.5 Å². The van der Waals surface area contributed by atoms with Crippen molar-refractivity contribution < 1.29 is 4.74 Å². The topological polar surface area (TPSA) is 61.8 Å². The number of guanidine groups is 1. The molecule has 2 heterocycles. The number of halogens is 1. The van der Waals surface area contributed by atoms with E-state index in [9.17, 15) is 0 Å². The van der Waals surface area contributed by atoms with E-state index in [0.29, 0.717) is 6.54 Å². The van der Waals surface area contributed by atoms with Gasteiger partial charge in [0.2, 0.25) is 0 Å². The summed E-state index contributed by atoms with van der Waals surface area (Å²) in [5.74, 6) is 1.88. The van der Waals surface area contributed by atoms with Gasteiger partial charge in [0.25, 0.3) is 0 Å². The molecule has 1 atom stereocenters. The maximum Gasteiger partial charge on any atom is 0.191 e. The minimum Gasteiger partial charge on any atom is -0.375 e. The van der Waals surface area contributed by atoms with E-state index >= 15 is 0 Å². The summed E-state index contributed by atoms with van der Waals surface area (Å²) in [6.45, 7) is 9.12. The molecule has 1 aliphatic heterocycles. The molecule has 1 saturated heterocycles. The van der Waals surface area contributed by atoms with Crippen molar-refractivity contribution in [2.24, 2.45) is 4.99 Å². The van der Waals surface area contributed by atoms with Crippen molar-refractivity contribution in [3.8, 4) is 0 Å². The minimum absolute atomic E-state index is 0. The van der Waals surface area contributed by atoms with E-state index in [1.807, 2.05) is 6.20 Å². The van der Waals surface area contributed by atoms with Gasteiger partial charge in [0.05, 0.1) is 19.3 Å². The van der Waals surface area contributed by atoms with E-state index in [4.69, 9.17) is 9.73 Å². The Morgan fingerprint density at radius 3 is 2.65 bits per heavy atom. The van der Waals surface area contributed by atoms with Gasteiger partial charge in [-0.1, -0.05) is 36.4 Å². The Balaban J connectivity index is 0.00000272. The molecule has 0 amide bonds. The number of aliphatic imine (C=N–C) groups is 1. The largest absolute Gasteiger partial charge is 0.375 e. The van der Waals surface area contributed by atoms with Crippen LogP contribution in [0, 0.1) is 0 Å². The number of nitrogens with zero attached hydrogens (tertiary/aromatic N) is 3. The summed E-state index contributed by atoms with van der Waals surface area (Å²) in [5.41, 5.74) is 2.79. The van der Waals surface area contributed by atoms with Crippen molar-refractivity contribution in [2.75, 3.05) is 37.7 Å². The summed E-state index contributed by atoms with van der Waals surface area (Å²) in [7, 11) is 0. The first-order valence-electron chi connectivity index (χ1n) is 11.1. The highest BCUT2D eigenvalue weighted by molar-refractivity contribution is 14.0. The zero-order valence-electron chi connectivity index (χ0n) is 18.5. The maximum atomic E-state index is 5.62. The number of anilines is 1. The van der Waals surface area contributed by atoms with E-state index < -0.39 is 0 Å². The number of hydrogen-bond acceptors (Lipinski definition) is 4. The van der Waals surface area contributed by atoms with Crippen LogP contribution in [-0.4, -0.2) is 49.8 Å². The second-order valence-corrected chi connectivity index (χ2v) is 8.35. The summed E-state index contributed by atoms with van der Waals surface area (Å²) in [6.07, 6.45) is 4.66. The molecule has 1 aromatic carbocycles. The standard InChI is InChI=1S/C24H33N5O.HI/c1-3-25-23(28-18-24(11-12-24)21-7-5-4-6-8-21)27-16-20-9-10-22(26-15-20)29-13-14-30-19(2)17-29;/h4-10,15,19H,3,11-14,16-18H2,1-2H3,(H2,25,27,28);1H. The lowest BCUT2D eigenvalue weighted by molar-refractivity contribution is 0.0529. The highest BCUT2D eigenvalue weighted by Gasteiger charge is 2.43. The smallest absolute Gasteiger partial charge is 0.191 e. The number of rotatable bonds is 7. The number of hydrogen-bond donors (Lipinski definition) is 2. The summed E-state index contributed by atoms with van der Waals surface area (Å²) in [5, 5.41) is 6.93. The normalized spacial score (nSPS) is 20.0. The quantitative estimate of drug-likeness (QED) is 0.322. The fourth-order valence-corrected chi connectivity index (χ4v) is 4.00. The molecular weight excluding hydrogens is 501 g/mol. The summed E-state index contributed by atoms with van der Waals surface area (Å²) >= 11 is 0. The number of morpholine rings is 1. The monoisotopic (exact) mass is 535 g/mol. The first-order chi connectivity index (χ1) is 14.7. The van der Waals surface area contributed by atoms with E-state index in [-0.39, 0.29) is 35.5 Å². The molecule has 2 N–H and O–H groups in total. The molecule has 2 fully saturated rings. The van der Waals surface area contributed by atoms with Gasteiger partial charge in [-0.3, -0.25) is 0 Å². The Morgan fingerprint density at radius 1 is 1.19 bits per heavy atom. The third-order valence-electron chi connectivity index (χ3n) is 5.97. The molecule has 31 heavy (non-hydrogen) atoms. The van der Waals surface area contributed by atoms with E-state index in [0.717, 1.165) is 50.1 Å². The van der Waals surface area contributed by atoms with Crippen LogP contribution in [0.3, 0.4) is 0 Å². The molecule has 0 bridgehead atoms. The third-order valence-corrected chi connectivity index (χ3v) is 5.97. The average molecular weight is 535 g/mol. The van der Waals surface area contributed by atoms with Crippen LogP contribution in [0.2, 0.25) is 0 Å². The molecule has 2 aromatic rings. The Kier molecular flexibility index (Phi) is 8.54. The molecule has 168 valence electrons. The lowest BCUT2D eigenvalue weighted by Gasteiger charge is -2.32. The first kappa shape index (κ1) is 23.8. The zero-order valence-corrected chi connectivity index (χ0v) is 20.8. The zero-order chi connectivity index (χ0) is 20.8. The fourth-order valence-electron chi connectivity index (χ4n) is 4.00. The van der Waals surface area contributed by atoms with Gasteiger partial charge < -0.3 is 20.3 Å². The van der Waals surface area contributed by atoms with Crippen molar-refractivity contribution in [1.29, 1.82) is 0 Å². The Morgan fingerprint density at radius 2 is 2.00 bits per heavy atom. The second kappa shape index (κ2) is 11.1. The van der Waals surface area contributed by atoms with Crippen LogP contribution in [0.25, 0.3) is 0 Å². The van der Waals surface area contributed by atoms with Gasteiger partial charge in [-0.05, 0) is 43.9 Å².